The van der Waals surface area contributed by atoms with Crippen molar-refractivity contribution in [2.75, 3.05) is 25.0 Å². The number of hydrogen-bond donors (Lipinski definition) is 1. The lowest BCUT2D eigenvalue weighted by molar-refractivity contribution is 0.0520. The Morgan fingerprint density at radius 2 is 1.75 bits per heavy atom. The topological polar surface area (TPSA) is 88.6 Å². The van der Waals surface area contributed by atoms with Crippen LogP contribution in [0.5, 0.6) is 0 Å². The van der Waals surface area contributed by atoms with Gasteiger partial charge in [0.2, 0.25) is 0 Å². The molecule has 7 nitrogen and oxygen atoms in total. The summed E-state index contributed by atoms with van der Waals surface area (Å²) in [6, 6.07) is 14.9. The van der Waals surface area contributed by atoms with E-state index in [1.54, 1.807) is 24.0 Å². The van der Waals surface area contributed by atoms with Gasteiger partial charge in [0.1, 0.15) is 11.0 Å². The number of hydrogen-bond acceptors (Lipinski definition) is 5. The summed E-state index contributed by atoms with van der Waals surface area (Å²) in [6.45, 7) is 2.69. The number of likely N-dealkylation sites (tertiary alicyclic amines) is 1. The second-order valence-electron chi connectivity index (χ2n) is 8.40. The Hall–Kier alpha value is -3.78. The van der Waals surface area contributed by atoms with Crippen LogP contribution in [0.2, 0.25) is 5.15 Å². The Morgan fingerprint density at radius 3 is 2.39 bits per heavy atom. The van der Waals surface area contributed by atoms with Gasteiger partial charge in [0.25, 0.3) is 11.8 Å². The van der Waals surface area contributed by atoms with Gasteiger partial charge in [-0.1, -0.05) is 29.8 Å². The van der Waals surface area contributed by atoms with Crippen molar-refractivity contribution >= 4 is 35.1 Å². The monoisotopic (exact) mass is 509 g/mol. The maximum atomic E-state index is 14.9. The Morgan fingerprint density at radius 1 is 1.06 bits per heavy atom. The molecular formula is C27H25ClFN3O4. The summed E-state index contributed by atoms with van der Waals surface area (Å²) in [6.07, 6.45) is 2.85. The zero-order chi connectivity index (χ0) is 25.7. The number of amides is 2. The van der Waals surface area contributed by atoms with Crippen LogP contribution in [0.15, 0.2) is 60.8 Å². The van der Waals surface area contributed by atoms with Crippen LogP contribution in [0, 0.1) is 5.82 Å². The van der Waals surface area contributed by atoms with E-state index in [1.165, 1.54) is 24.4 Å². The van der Waals surface area contributed by atoms with Gasteiger partial charge in [-0.15, -0.1) is 0 Å². The fraction of sp³-hybridized carbons (Fsp3) is 0.259. The number of esters is 1. The van der Waals surface area contributed by atoms with Crippen LogP contribution in [0.25, 0.3) is 0 Å². The summed E-state index contributed by atoms with van der Waals surface area (Å²) in [4.78, 5) is 42.8. The maximum Gasteiger partial charge on any atom is 0.341 e. The van der Waals surface area contributed by atoms with Gasteiger partial charge in [-0.2, -0.15) is 0 Å². The second kappa shape index (κ2) is 11.3. The van der Waals surface area contributed by atoms with E-state index >= 15 is 0 Å². The summed E-state index contributed by atoms with van der Waals surface area (Å²) >= 11 is 5.76. The Bertz CT molecular complexity index is 1260. The van der Waals surface area contributed by atoms with E-state index in [2.05, 4.69) is 10.3 Å². The molecule has 2 amide bonds. The molecule has 0 saturated carbocycles. The number of piperidine rings is 1. The minimum atomic E-state index is -0.852. The SMILES string of the molecule is CCOC(=O)c1cccc(C(=O)N2CCC(c3ccc(NC(=O)c4ccc(Cl)nc4)cc3)CC2)c1F. The molecule has 1 aromatic heterocycles. The normalized spacial score (nSPS) is 13.8. The van der Waals surface area contributed by atoms with Crippen LogP contribution < -0.4 is 5.32 Å². The first kappa shape index (κ1) is 25.3. The molecule has 1 N–H and O–H groups in total. The first-order valence-corrected chi connectivity index (χ1v) is 12.0. The van der Waals surface area contributed by atoms with Crippen molar-refractivity contribution in [3.8, 4) is 0 Å². The van der Waals surface area contributed by atoms with Crippen molar-refractivity contribution < 1.29 is 23.5 Å². The number of pyridine rings is 1. The fourth-order valence-corrected chi connectivity index (χ4v) is 4.31. The van der Waals surface area contributed by atoms with Crippen LogP contribution in [0.1, 0.15) is 62.3 Å². The molecular weight excluding hydrogens is 485 g/mol. The van der Waals surface area contributed by atoms with Crippen molar-refractivity contribution in [3.63, 3.8) is 0 Å². The van der Waals surface area contributed by atoms with E-state index in [1.807, 2.05) is 24.3 Å². The van der Waals surface area contributed by atoms with Crippen molar-refractivity contribution in [2.24, 2.45) is 0 Å². The highest BCUT2D eigenvalue weighted by molar-refractivity contribution is 6.29. The zero-order valence-electron chi connectivity index (χ0n) is 19.7. The standard InChI is InChI=1S/C27H25ClFN3O4/c1-2-36-27(35)22-5-3-4-21(24(22)29)26(34)32-14-12-18(13-15-32)17-6-9-20(10-7-17)31-25(33)19-8-11-23(28)30-16-19/h3-11,16,18H,2,12-15H2,1H3,(H,31,33). The van der Waals surface area contributed by atoms with Crippen LogP contribution in [-0.2, 0) is 4.74 Å². The minimum Gasteiger partial charge on any atom is -0.462 e. The lowest BCUT2D eigenvalue weighted by Crippen LogP contribution is -2.38. The molecule has 3 aromatic rings. The molecule has 4 rings (SSSR count). The number of rotatable bonds is 6. The van der Waals surface area contributed by atoms with Gasteiger partial charge >= 0.3 is 5.97 Å². The molecule has 0 radical (unpaired) electrons. The number of carbonyl (C=O) groups is 3. The molecule has 0 atom stereocenters. The van der Waals surface area contributed by atoms with Crippen molar-refractivity contribution in [2.45, 2.75) is 25.7 Å². The third kappa shape index (κ3) is 5.71. The van der Waals surface area contributed by atoms with Crippen molar-refractivity contribution in [3.05, 3.63) is 94.0 Å². The Balaban J connectivity index is 1.35. The zero-order valence-corrected chi connectivity index (χ0v) is 20.4. The lowest BCUT2D eigenvalue weighted by Gasteiger charge is -2.32. The van der Waals surface area contributed by atoms with E-state index in [0.717, 1.165) is 5.56 Å². The molecule has 0 spiro atoms. The van der Waals surface area contributed by atoms with Gasteiger partial charge in [0, 0.05) is 25.0 Å². The van der Waals surface area contributed by atoms with Crippen LogP contribution in [0.3, 0.4) is 0 Å². The van der Waals surface area contributed by atoms with E-state index in [0.29, 0.717) is 42.3 Å². The van der Waals surface area contributed by atoms with Gasteiger partial charge in [-0.05, 0) is 67.6 Å². The molecule has 0 bridgehead atoms. The molecule has 1 aliphatic heterocycles. The number of nitrogens with zero attached hydrogens (tertiary/aromatic N) is 2. The van der Waals surface area contributed by atoms with E-state index in [-0.39, 0.29) is 29.6 Å². The summed E-state index contributed by atoms with van der Waals surface area (Å²) in [5.41, 5.74) is 1.80. The van der Waals surface area contributed by atoms with Gasteiger partial charge in [0.05, 0.1) is 23.3 Å². The van der Waals surface area contributed by atoms with Crippen molar-refractivity contribution in [1.29, 1.82) is 0 Å². The third-order valence-corrected chi connectivity index (χ3v) is 6.36. The predicted molar refractivity (Wildman–Crippen MR) is 134 cm³/mol. The molecule has 36 heavy (non-hydrogen) atoms. The number of carbonyl (C=O) groups excluding carboxylic acids is 3. The summed E-state index contributed by atoms with van der Waals surface area (Å²) in [7, 11) is 0. The predicted octanol–water partition coefficient (Wildman–Crippen LogP) is 5.32. The van der Waals surface area contributed by atoms with Gasteiger partial charge < -0.3 is 15.0 Å². The molecule has 9 heteroatoms. The molecule has 0 unspecified atom stereocenters. The minimum absolute atomic E-state index is 0.122. The van der Waals surface area contributed by atoms with E-state index in [4.69, 9.17) is 16.3 Å². The first-order chi connectivity index (χ1) is 17.4. The Kier molecular flexibility index (Phi) is 7.95. The smallest absolute Gasteiger partial charge is 0.341 e. The number of ether oxygens (including phenoxy) is 1. The van der Waals surface area contributed by atoms with Gasteiger partial charge in [0.15, 0.2) is 0 Å². The molecule has 2 aromatic carbocycles. The second-order valence-corrected chi connectivity index (χ2v) is 8.79. The average Bonchev–Trinajstić information content (AvgIpc) is 2.89. The van der Waals surface area contributed by atoms with Crippen LogP contribution >= 0.6 is 11.6 Å². The molecule has 186 valence electrons. The number of nitrogens with one attached hydrogen (secondary N) is 1. The Labute approximate surface area is 213 Å². The van der Waals surface area contributed by atoms with Gasteiger partial charge in [-0.25, -0.2) is 14.2 Å². The molecule has 0 aliphatic carbocycles. The molecule has 1 fully saturated rings. The number of halogens is 2. The number of aromatic nitrogens is 1. The fourth-order valence-electron chi connectivity index (χ4n) is 4.20. The number of anilines is 1. The lowest BCUT2D eigenvalue weighted by atomic mass is 9.89. The average molecular weight is 510 g/mol. The summed E-state index contributed by atoms with van der Waals surface area (Å²) < 4.78 is 19.7. The van der Waals surface area contributed by atoms with E-state index < -0.39 is 17.7 Å². The van der Waals surface area contributed by atoms with Crippen molar-refractivity contribution in [1.82, 2.24) is 9.88 Å². The van der Waals surface area contributed by atoms with E-state index in [9.17, 15) is 18.8 Å². The highest BCUT2D eigenvalue weighted by Crippen LogP contribution is 2.30. The van der Waals surface area contributed by atoms with Crippen LogP contribution in [0.4, 0.5) is 10.1 Å². The highest BCUT2D eigenvalue weighted by Gasteiger charge is 2.28. The van der Waals surface area contributed by atoms with Gasteiger partial charge in [-0.3, -0.25) is 9.59 Å². The molecule has 1 aliphatic rings. The number of benzene rings is 2. The molecule has 2 heterocycles. The maximum absolute atomic E-state index is 14.9. The summed E-state index contributed by atoms with van der Waals surface area (Å²) in [5.74, 6) is -2.12. The quantitative estimate of drug-likeness (QED) is 0.359. The first-order valence-electron chi connectivity index (χ1n) is 11.6. The third-order valence-electron chi connectivity index (χ3n) is 6.14. The summed E-state index contributed by atoms with van der Waals surface area (Å²) in [5, 5.41) is 3.15. The largest absolute Gasteiger partial charge is 0.462 e. The van der Waals surface area contributed by atoms with Crippen LogP contribution in [-0.4, -0.2) is 47.4 Å². The highest BCUT2D eigenvalue weighted by atomic mass is 35.5. The molecule has 1 saturated heterocycles.